The number of ether oxygens (including phenoxy) is 1. The van der Waals surface area contributed by atoms with Crippen molar-refractivity contribution in [2.45, 2.75) is 44.9 Å². The highest BCUT2D eigenvalue weighted by Gasteiger charge is 2.31. The third-order valence-electron chi connectivity index (χ3n) is 4.32. The molecular formula is C18H25N3O3. The van der Waals surface area contributed by atoms with Gasteiger partial charge in [-0.05, 0) is 24.9 Å². The van der Waals surface area contributed by atoms with Crippen molar-refractivity contribution >= 4 is 0 Å². The quantitative estimate of drug-likeness (QED) is 0.800. The number of aromatic nitrogens is 2. The van der Waals surface area contributed by atoms with Crippen molar-refractivity contribution < 1.29 is 14.4 Å². The van der Waals surface area contributed by atoms with E-state index in [1.165, 1.54) is 0 Å². The Morgan fingerprint density at radius 1 is 1.38 bits per heavy atom. The van der Waals surface area contributed by atoms with Gasteiger partial charge >= 0.3 is 0 Å². The van der Waals surface area contributed by atoms with E-state index in [1.807, 2.05) is 37.3 Å². The van der Waals surface area contributed by atoms with E-state index in [0.717, 1.165) is 37.2 Å². The van der Waals surface area contributed by atoms with Crippen LogP contribution in [0.4, 0.5) is 0 Å². The lowest BCUT2D eigenvalue weighted by Crippen LogP contribution is -2.35. The van der Waals surface area contributed by atoms with Crippen LogP contribution >= 0.6 is 0 Å². The van der Waals surface area contributed by atoms with Gasteiger partial charge in [0.25, 0.3) is 0 Å². The summed E-state index contributed by atoms with van der Waals surface area (Å²) in [4.78, 5) is 6.66. The molecule has 1 aromatic carbocycles. The van der Waals surface area contributed by atoms with E-state index >= 15 is 0 Å². The largest absolute Gasteiger partial charge is 0.389 e. The summed E-state index contributed by atoms with van der Waals surface area (Å²) in [6.45, 7) is 4.35. The number of likely N-dealkylation sites (tertiary alicyclic amines) is 1. The Morgan fingerprint density at radius 3 is 2.96 bits per heavy atom. The molecule has 0 spiro atoms. The molecule has 1 aliphatic rings. The first kappa shape index (κ1) is 17.1. The summed E-state index contributed by atoms with van der Waals surface area (Å²) in [5.41, 5.74) is 1.11. The van der Waals surface area contributed by atoms with E-state index in [2.05, 4.69) is 15.0 Å². The summed E-state index contributed by atoms with van der Waals surface area (Å²) in [6.07, 6.45) is 2.31. The molecule has 1 saturated heterocycles. The molecule has 6 nitrogen and oxygen atoms in total. The van der Waals surface area contributed by atoms with Crippen LogP contribution in [0, 0.1) is 0 Å². The van der Waals surface area contributed by atoms with Gasteiger partial charge in [-0.3, -0.25) is 4.90 Å². The van der Waals surface area contributed by atoms with Gasteiger partial charge in [-0.25, -0.2) is 0 Å². The predicted molar refractivity (Wildman–Crippen MR) is 89.3 cm³/mol. The number of hydrogen-bond acceptors (Lipinski definition) is 6. The fraction of sp³-hybridized carbons (Fsp3) is 0.556. The summed E-state index contributed by atoms with van der Waals surface area (Å²) in [5, 5.41) is 14.4. The zero-order chi connectivity index (χ0) is 16.8. The van der Waals surface area contributed by atoms with Crippen molar-refractivity contribution in [1.82, 2.24) is 15.0 Å². The fourth-order valence-electron chi connectivity index (χ4n) is 3.09. The summed E-state index contributed by atoms with van der Waals surface area (Å²) in [5.74, 6) is 1.41. The molecule has 0 radical (unpaired) electrons. The number of nitrogens with zero attached hydrogens (tertiary/aromatic N) is 3. The highest BCUT2D eigenvalue weighted by atomic mass is 16.5. The second-order valence-electron chi connectivity index (χ2n) is 6.21. The SMILES string of the molecule is CCc1nc([C@H]2CCCN2C[C@@H](O)COCc2ccccc2)no1. The van der Waals surface area contributed by atoms with E-state index in [9.17, 15) is 5.11 Å². The van der Waals surface area contributed by atoms with Gasteiger partial charge in [0.2, 0.25) is 5.89 Å². The van der Waals surface area contributed by atoms with Gasteiger partial charge in [0.15, 0.2) is 5.82 Å². The Balaban J connectivity index is 1.47. The number of rotatable bonds is 8. The van der Waals surface area contributed by atoms with Crippen LogP contribution in [-0.4, -0.2) is 45.9 Å². The van der Waals surface area contributed by atoms with Gasteiger partial charge in [0.05, 0.1) is 25.4 Å². The van der Waals surface area contributed by atoms with Crippen molar-refractivity contribution in [3.8, 4) is 0 Å². The van der Waals surface area contributed by atoms with E-state index in [0.29, 0.717) is 25.6 Å². The molecule has 130 valence electrons. The molecule has 2 heterocycles. The topological polar surface area (TPSA) is 71.6 Å². The first-order chi connectivity index (χ1) is 11.8. The minimum Gasteiger partial charge on any atom is -0.389 e. The second kappa shape index (κ2) is 8.37. The predicted octanol–water partition coefficient (Wildman–Crippen LogP) is 2.35. The van der Waals surface area contributed by atoms with Crippen molar-refractivity contribution in [1.29, 1.82) is 0 Å². The fourth-order valence-corrected chi connectivity index (χ4v) is 3.09. The molecule has 24 heavy (non-hydrogen) atoms. The first-order valence-electron chi connectivity index (χ1n) is 8.62. The Morgan fingerprint density at radius 2 is 2.21 bits per heavy atom. The van der Waals surface area contributed by atoms with Crippen LogP contribution in [0.3, 0.4) is 0 Å². The number of aliphatic hydroxyl groups excluding tert-OH is 1. The van der Waals surface area contributed by atoms with Crippen molar-refractivity contribution in [2.24, 2.45) is 0 Å². The lowest BCUT2D eigenvalue weighted by Gasteiger charge is -2.24. The molecule has 6 heteroatoms. The lowest BCUT2D eigenvalue weighted by atomic mass is 10.2. The Labute approximate surface area is 142 Å². The molecule has 0 amide bonds. The molecule has 0 saturated carbocycles. The molecule has 1 fully saturated rings. The minimum atomic E-state index is -0.521. The second-order valence-corrected chi connectivity index (χ2v) is 6.21. The first-order valence-corrected chi connectivity index (χ1v) is 8.62. The van der Waals surface area contributed by atoms with E-state index < -0.39 is 6.10 Å². The van der Waals surface area contributed by atoms with Crippen LogP contribution in [0.5, 0.6) is 0 Å². The number of benzene rings is 1. The van der Waals surface area contributed by atoms with Crippen LogP contribution < -0.4 is 0 Å². The normalized spacial score (nSPS) is 19.7. The van der Waals surface area contributed by atoms with Gasteiger partial charge < -0.3 is 14.4 Å². The smallest absolute Gasteiger partial charge is 0.226 e. The molecule has 0 aliphatic carbocycles. The van der Waals surface area contributed by atoms with E-state index in [1.54, 1.807) is 0 Å². The van der Waals surface area contributed by atoms with Crippen LogP contribution in [0.2, 0.25) is 0 Å². The Kier molecular flexibility index (Phi) is 5.96. The number of aryl methyl sites for hydroxylation is 1. The van der Waals surface area contributed by atoms with Crippen LogP contribution in [0.1, 0.15) is 43.1 Å². The maximum absolute atomic E-state index is 10.3. The van der Waals surface area contributed by atoms with Crippen molar-refractivity contribution in [2.75, 3.05) is 19.7 Å². The number of hydrogen-bond donors (Lipinski definition) is 1. The molecule has 1 aromatic heterocycles. The van der Waals surface area contributed by atoms with Gasteiger partial charge in [-0.15, -0.1) is 0 Å². The number of β-amino-alcohol motifs (C(OH)–C–C–N with tert-alkyl or cyclic N) is 1. The molecule has 3 rings (SSSR count). The maximum atomic E-state index is 10.3. The average molecular weight is 331 g/mol. The lowest BCUT2D eigenvalue weighted by molar-refractivity contribution is 0.00710. The Bertz CT molecular complexity index is 617. The van der Waals surface area contributed by atoms with Gasteiger partial charge in [-0.1, -0.05) is 42.4 Å². The summed E-state index contributed by atoms with van der Waals surface area (Å²) in [6, 6.07) is 10.1. The zero-order valence-corrected chi connectivity index (χ0v) is 14.1. The van der Waals surface area contributed by atoms with Crippen LogP contribution in [0.25, 0.3) is 0 Å². The molecule has 2 atom stereocenters. The van der Waals surface area contributed by atoms with E-state index in [4.69, 9.17) is 9.26 Å². The average Bonchev–Trinajstić information content (AvgIpc) is 3.24. The number of aliphatic hydroxyl groups is 1. The molecular weight excluding hydrogens is 306 g/mol. The highest BCUT2D eigenvalue weighted by Crippen LogP contribution is 2.30. The molecule has 0 bridgehead atoms. The third kappa shape index (κ3) is 4.41. The molecule has 1 N–H and O–H groups in total. The summed E-state index contributed by atoms with van der Waals surface area (Å²) >= 11 is 0. The Hall–Kier alpha value is -1.76. The highest BCUT2D eigenvalue weighted by molar-refractivity contribution is 5.13. The standard InChI is InChI=1S/C18H25N3O3/c1-2-17-19-18(20-24-17)16-9-6-10-21(16)11-15(22)13-23-12-14-7-4-3-5-8-14/h3-5,7-8,15-16,22H,2,6,9-13H2,1H3/t15-,16-/m1/s1. The summed E-state index contributed by atoms with van der Waals surface area (Å²) in [7, 11) is 0. The van der Waals surface area contributed by atoms with E-state index in [-0.39, 0.29) is 6.04 Å². The molecule has 2 aromatic rings. The van der Waals surface area contributed by atoms with Crippen LogP contribution in [-0.2, 0) is 17.8 Å². The van der Waals surface area contributed by atoms with Gasteiger partial charge in [-0.2, -0.15) is 4.98 Å². The minimum absolute atomic E-state index is 0.137. The summed E-state index contributed by atoms with van der Waals surface area (Å²) < 4.78 is 10.8. The van der Waals surface area contributed by atoms with Crippen molar-refractivity contribution in [3.05, 3.63) is 47.6 Å². The monoisotopic (exact) mass is 331 g/mol. The maximum Gasteiger partial charge on any atom is 0.226 e. The van der Waals surface area contributed by atoms with Gasteiger partial charge in [0.1, 0.15) is 0 Å². The van der Waals surface area contributed by atoms with Crippen LogP contribution in [0.15, 0.2) is 34.9 Å². The van der Waals surface area contributed by atoms with Gasteiger partial charge in [0, 0.05) is 13.0 Å². The molecule has 1 aliphatic heterocycles. The third-order valence-corrected chi connectivity index (χ3v) is 4.32. The zero-order valence-electron chi connectivity index (χ0n) is 14.1. The van der Waals surface area contributed by atoms with Crippen molar-refractivity contribution in [3.63, 3.8) is 0 Å². The molecule has 0 unspecified atom stereocenters.